The van der Waals surface area contributed by atoms with Gasteiger partial charge >= 0.3 is 5.97 Å². The van der Waals surface area contributed by atoms with Gasteiger partial charge in [0.1, 0.15) is 11.1 Å². The molecule has 104 valence electrons. The van der Waals surface area contributed by atoms with Crippen LogP contribution in [0.15, 0.2) is 18.2 Å². The summed E-state index contributed by atoms with van der Waals surface area (Å²) in [5, 5.41) is 10.8. The second-order valence-corrected chi connectivity index (χ2v) is 5.24. The highest BCUT2D eigenvalue weighted by atomic mass is 32.2. The normalized spacial score (nSPS) is 11.9. The fourth-order valence-electron chi connectivity index (χ4n) is 1.46. The van der Waals surface area contributed by atoms with Crippen molar-refractivity contribution in [2.45, 2.75) is 25.5 Å². The Kier molecular flexibility index (Phi) is 5.82. The molecule has 0 bridgehead atoms. The van der Waals surface area contributed by atoms with Gasteiger partial charge < -0.3 is 10.4 Å². The average Bonchev–Trinajstić information content (AvgIpc) is 2.34. The maximum absolute atomic E-state index is 13.0. The molecule has 0 aliphatic heterocycles. The van der Waals surface area contributed by atoms with E-state index in [0.717, 1.165) is 17.3 Å². The van der Waals surface area contributed by atoms with Crippen LogP contribution >= 0.6 is 11.8 Å². The number of benzene rings is 1. The zero-order valence-corrected chi connectivity index (χ0v) is 11.6. The Morgan fingerprint density at radius 1 is 1.47 bits per heavy atom. The second kappa shape index (κ2) is 7.13. The molecule has 0 saturated carbocycles. The Labute approximate surface area is 115 Å². The van der Waals surface area contributed by atoms with Crippen molar-refractivity contribution in [3.05, 3.63) is 29.6 Å². The number of amides is 1. The van der Waals surface area contributed by atoms with Crippen molar-refractivity contribution < 1.29 is 19.1 Å². The van der Waals surface area contributed by atoms with Gasteiger partial charge in [-0.3, -0.25) is 9.59 Å². The van der Waals surface area contributed by atoms with Gasteiger partial charge in [-0.2, -0.15) is 0 Å². The molecule has 0 aliphatic rings. The number of carboxylic acids is 1. The van der Waals surface area contributed by atoms with Crippen molar-refractivity contribution in [1.29, 1.82) is 0 Å². The van der Waals surface area contributed by atoms with Crippen LogP contribution in [0, 0.1) is 12.7 Å². The largest absolute Gasteiger partial charge is 0.480 e. The van der Waals surface area contributed by atoms with E-state index in [2.05, 4.69) is 5.32 Å². The topological polar surface area (TPSA) is 66.4 Å². The number of carbonyl (C=O) groups excluding carboxylic acids is 1. The molecular weight excluding hydrogens is 269 g/mol. The number of hydrogen-bond acceptors (Lipinski definition) is 3. The van der Waals surface area contributed by atoms with Crippen molar-refractivity contribution >= 4 is 29.3 Å². The van der Waals surface area contributed by atoms with Gasteiger partial charge in [-0.1, -0.05) is 13.0 Å². The summed E-state index contributed by atoms with van der Waals surface area (Å²) < 4.78 is 13.0. The molecule has 2 N–H and O–H groups in total. The van der Waals surface area contributed by atoms with Gasteiger partial charge in [0.25, 0.3) is 0 Å². The summed E-state index contributed by atoms with van der Waals surface area (Å²) in [6.45, 7) is 3.51. The Morgan fingerprint density at radius 2 is 2.16 bits per heavy atom. The van der Waals surface area contributed by atoms with Crippen LogP contribution in [0.2, 0.25) is 0 Å². The van der Waals surface area contributed by atoms with E-state index in [-0.39, 0.29) is 11.7 Å². The third kappa shape index (κ3) is 4.90. The first-order chi connectivity index (χ1) is 8.93. The number of halogens is 1. The quantitative estimate of drug-likeness (QED) is 0.843. The molecule has 0 aromatic heterocycles. The number of rotatable bonds is 6. The van der Waals surface area contributed by atoms with Gasteiger partial charge in [0.15, 0.2) is 0 Å². The van der Waals surface area contributed by atoms with Crippen LogP contribution in [0.25, 0.3) is 0 Å². The zero-order valence-electron chi connectivity index (χ0n) is 10.8. The van der Waals surface area contributed by atoms with E-state index in [1.54, 1.807) is 19.9 Å². The summed E-state index contributed by atoms with van der Waals surface area (Å²) in [6.07, 6.45) is 0.451. The third-order valence-electron chi connectivity index (χ3n) is 2.54. The zero-order chi connectivity index (χ0) is 14.4. The number of hydrogen-bond donors (Lipinski definition) is 2. The SMILES string of the molecule is CCC(SCC(=O)Nc1cc(F)ccc1C)C(=O)O. The smallest absolute Gasteiger partial charge is 0.316 e. The number of carbonyl (C=O) groups is 2. The molecule has 1 aromatic carbocycles. The van der Waals surface area contributed by atoms with Crippen molar-refractivity contribution in [2.75, 3.05) is 11.1 Å². The van der Waals surface area contributed by atoms with Crippen LogP contribution in [-0.4, -0.2) is 28.0 Å². The highest BCUT2D eigenvalue weighted by Crippen LogP contribution is 2.18. The standard InChI is InChI=1S/C13H16FNO3S/c1-3-11(13(17)18)19-7-12(16)15-10-6-9(14)5-4-8(10)2/h4-6,11H,3,7H2,1-2H3,(H,15,16)(H,17,18). The number of aliphatic carboxylic acids is 1. The highest BCUT2D eigenvalue weighted by Gasteiger charge is 2.17. The fourth-order valence-corrected chi connectivity index (χ4v) is 2.26. The van der Waals surface area contributed by atoms with Crippen LogP contribution in [0.4, 0.5) is 10.1 Å². The van der Waals surface area contributed by atoms with E-state index in [1.165, 1.54) is 12.1 Å². The molecule has 0 saturated heterocycles. The number of anilines is 1. The monoisotopic (exact) mass is 285 g/mol. The van der Waals surface area contributed by atoms with Gasteiger partial charge in [0, 0.05) is 5.69 Å². The van der Waals surface area contributed by atoms with Gasteiger partial charge in [-0.25, -0.2) is 4.39 Å². The van der Waals surface area contributed by atoms with Gasteiger partial charge in [0.05, 0.1) is 5.75 Å². The molecule has 6 heteroatoms. The number of thioether (sulfide) groups is 1. The summed E-state index contributed by atoms with van der Waals surface area (Å²) in [5.41, 5.74) is 1.17. The van der Waals surface area contributed by atoms with E-state index in [9.17, 15) is 14.0 Å². The molecule has 1 rings (SSSR count). The molecule has 0 fully saturated rings. The first kappa shape index (κ1) is 15.5. The predicted molar refractivity (Wildman–Crippen MR) is 73.9 cm³/mol. The maximum atomic E-state index is 13.0. The van der Waals surface area contributed by atoms with Gasteiger partial charge in [-0.15, -0.1) is 11.8 Å². The van der Waals surface area contributed by atoms with Crippen molar-refractivity contribution in [1.82, 2.24) is 0 Å². The van der Waals surface area contributed by atoms with Crippen LogP contribution in [-0.2, 0) is 9.59 Å². The van der Waals surface area contributed by atoms with E-state index < -0.39 is 17.0 Å². The molecule has 1 unspecified atom stereocenters. The predicted octanol–water partition coefficient (Wildman–Crippen LogP) is 2.67. The number of aryl methyl sites for hydroxylation is 1. The Hall–Kier alpha value is -1.56. The molecule has 0 aliphatic carbocycles. The fraction of sp³-hybridized carbons (Fsp3) is 0.385. The van der Waals surface area contributed by atoms with Gasteiger partial charge in [-0.05, 0) is 31.0 Å². The molecule has 0 spiro atoms. The molecule has 4 nitrogen and oxygen atoms in total. The molecule has 19 heavy (non-hydrogen) atoms. The van der Waals surface area contributed by atoms with Crippen LogP contribution in [0.1, 0.15) is 18.9 Å². The number of carboxylic acid groups (broad SMARTS) is 1. The Morgan fingerprint density at radius 3 is 2.74 bits per heavy atom. The summed E-state index contributed by atoms with van der Waals surface area (Å²) in [6, 6.07) is 4.13. The van der Waals surface area contributed by atoms with Crippen LogP contribution < -0.4 is 5.32 Å². The Balaban J connectivity index is 2.56. The van der Waals surface area contributed by atoms with Crippen molar-refractivity contribution in [3.63, 3.8) is 0 Å². The lowest BCUT2D eigenvalue weighted by Gasteiger charge is -2.11. The van der Waals surface area contributed by atoms with E-state index in [1.807, 2.05) is 0 Å². The maximum Gasteiger partial charge on any atom is 0.316 e. The first-order valence-electron chi connectivity index (χ1n) is 5.84. The summed E-state index contributed by atoms with van der Waals surface area (Å²) in [7, 11) is 0. The van der Waals surface area contributed by atoms with Gasteiger partial charge in [0.2, 0.25) is 5.91 Å². The second-order valence-electron chi connectivity index (χ2n) is 4.05. The van der Waals surface area contributed by atoms with Crippen LogP contribution in [0.5, 0.6) is 0 Å². The summed E-state index contributed by atoms with van der Waals surface area (Å²) >= 11 is 1.06. The van der Waals surface area contributed by atoms with Crippen molar-refractivity contribution in [2.24, 2.45) is 0 Å². The number of nitrogens with one attached hydrogen (secondary N) is 1. The molecule has 1 amide bonds. The lowest BCUT2D eigenvalue weighted by molar-refractivity contribution is -0.136. The minimum absolute atomic E-state index is 0.0285. The molecule has 1 aromatic rings. The molecule has 0 heterocycles. The van der Waals surface area contributed by atoms with Crippen molar-refractivity contribution in [3.8, 4) is 0 Å². The lowest BCUT2D eigenvalue weighted by Crippen LogP contribution is -2.21. The summed E-state index contributed by atoms with van der Waals surface area (Å²) in [4.78, 5) is 22.5. The lowest BCUT2D eigenvalue weighted by atomic mass is 10.2. The first-order valence-corrected chi connectivity index (χ1v) is 6.89. The molecule has 1 atom stereocenters. The highest BCUT2D eigenvalue weighted by molar-refractivity contribution is 8.01. The van der Waals surface area contributed by atoms with E-state index in [0.29, 0.717) is 12.1 Å². The minimum atomic E-state index is -0.928. The molecule has 0 radical (unpaired) electrons. The third-order valence-corrected chi connectivity index (χ3v) is 3.90. The average molecular weight is 285 g/mol. The molecular formula is C13H16FNO3S. The summed E-state index contributed by atoms with van der Waals surface area (Å²) in [5.74, 6) is -1.66. The van der Waals surface area contributed by atoms with E-state index >= 15 is 0 Å². The van der Waals surface area contributed by atoms with E-state index in [4.69, 9.17) is 5.11 Å². The minimum Gasteiger partial charge on any atom is -0.480 e. The Bertz CT molecular complexity index is 479. The van der Waals surface area contributed by atoms with Crippen LogP contribution in [0.3, 0.4) is 0 Å².